The number of amides is 2. The monoisotopic (exact) mass is 536 g/mol. The molecule has 0 aliphatic rings. The van der Waals surface area contributed by atoms with E-state index in [0.29, 0.717) is 18.8 Å². The first-order valence-electron chi connectivity index (χ1n) is 13.3. The number of anilines is 1. The summed E-state index contributed by atoms with van der Waals surface area (Å²) < 4.78 is 8.66. The number of aromatic nitrogens is 1. The maximum Gasteiger partial charge on any atom is 0.242 e. The lowest BCUT2D eigenvalue weighted by molar-refractivity contribution is -0.142. The molecule has 3 aromatic rings. The van der Waals surface area contributed by atoms with Gasteiger partial charge in [0.25, 0.3) is 0 Å². The molecule has 3 rings (SSSR count). The van der Waals surface area contributed by atoms with Crippen molar-refractivity contribution >= 4 is 29.6 Å². The van der Waals surface area contributed by atoms with E-state index in [9.17, 15) is 9.59 Å². The summed E-state index contributed by atoms with van der Waals surface area (Å²) in [6.07, 6.45) is 3.33. The fourth-order valence-corrected chi connectivity index (χ4v) is 5.19. The Morgan fingerprint density at radius 3 is 2.37 bits per heavy atom. The van der Waals surface area contributed by atoms with Crippen LogP contribution in [0.3, 0.4) is 0 Å². The van der Waals surface area contributed by atoms with Gasteiger partial charge in [0, 0.05) is 30.5 Å². The average molecular weight is 537 g/mol. The average Bonchev–Trinajstić information content (AvgIpc) is 3.24. The summed E-state index contributed by atoms with van der Waals surface area (Å²) in [5.74, 6) is 0.543. The molecule has 2 aromatic carbocycles. The highest BCUT2D eigenvalue weighted by Gasteiger charge is 2.31. The summed E-state index contributed by atoms with van der Waals surface area (Å²) >= 11 is 1.48. The Labute approximate surface area is 230 Å². The quantitative estimate of drug-likeness (QED) is 0.185. The van der Waals surface area contributed by atoms with Gasteiger partial charge in [-0.3, -0.25) is 14.3 Å². The van der Waals surface area contributed by atoms with Gasteiger partial charge in [-0.1, -0.05) is 81.2 Å². The van der Waals surface area contributed by atoms with E-state index in [4.69, 9.17) is 4.52 Å². The first-order chi connectivity index (χ1) is 18.3. The number of benzene rings is 2. The number of nitrogens with one attached hydrogen (secondary N) is 2. The topological polar surface area (TPSA) is 87.5 Å². The third-order valence-electron chi connectivity index (χ3n) is 6.71. The van der Waals surface area contributed by atoms with Crippen LogP contribution in [0, 0.1) is 19.8 Å². The summed E-state index contributed by atoms with van der Waals surface area (Å²) in [6.45, 7) is 10.4. The third kappa shape index (κ3) is 7.40. The van der Waals surface area contributed by atoms with Crippen LogP contribution in [0.15, 0.2) is 57.9 Å². The van der Waals surface area contributed by atoms with E-state index in [1.807, 2.05) is 52.0 Å². The Morgan fingerprint density at radius 1 is 1.05 bits per heavy atom. The number of carbonyl (C=O) groups is 2. The molecule has 1 atom stereocenters. The molecule has 0 saturated carbocycles. The molecular weight excluding hydrogens is 496 g/mol. The standard InChI is InChI=1S/C30H40N4O3S/c1-7-8-9-14-27(35)34(28(20(2)3)29(36)31-6)19-23-15-17-24(18-16-23)25-12-10-11-13-26(25)38-33-30-21(4)22(5)32-37-30/h10-13,15-18,20,28,33H,7-9,14,19H2,1-6H3,(H,31,36). The summed E-state index contributed by atoms with van der Waals surface area (Å²) in [5.41, 5.74) is 5.00. The predicted octanol–water partition coefficient (Wildman–Crippen LogP) is 6.76. The van der Waals surface area contributed by atoms with Gasteiger partial charge >= 0.3 is 0 Å². The molecule has 0 aliphatic carbocycles. The second-order valence-electron chi connectivity index (χ2n) is 9.90. The smallest absolute Gasteiger partial charge is 0.242 e. The Balaban J connectivity index is 1.80. The van der Waals surface area contributed by atoms with Gasteiger partial charge in [0.15, 0.2) is 0 Å². The van der Waals surface area contributed by atoms with Gasteiger partial charge in [0.05, 0.1) is 5.69 Å². The maximum absolute atomic E-state index is 13.3. The van der Waals surface area contributed by atoms with Crippen LogP contribution in [0.1, 0.15) is 63.3 Å². The van der Waals surface area contributed by atoms with Crippen LogP contribution in [-0.2, 0) is 16.1 Å². The van der Waals surface area contributed by atoms with Gasteiger partial charge in [-0.25, -0.2) is 0 Å². The minimum atomic E-state index is -0.514. The van der Waals surface area contributed by atoms with Crippen LogP contribution in [-0.4, -0.2) is 35.0 Å². The zero-order valence-electron chi connectivity index (χ0n) is 23.3. The lowest BCUT2D eigenvalue weighted by Crippen LogP contribution is -2.51. The van der Waals surface area contributed by atoms with E-state index in [2.05, 4.69) is 46.4 Å². The number of hydrogen-bond donors (Lipinski definition) is 2. The zero-order valence-corrected chi connectivity index (χ0v) is 24.2. The van der Waals surface area contributed by atoms with E-state index in [1.54, 1.807) is 11.9 Å². The Morgan fingerprint density at radius 2 is 1.76 bits per heavy atom. The van der Waals surface area contributed by atoms with Gasteiger partial charge in [0.2, 0.25) is 17.7 Å². The van der Waals surface area contributed by atoms with E-state index < -0.39 is 6.04 Å². The van der Waals surface area contributed by atoms with E-state index in [0.717, 1.165) is 52.1 Å². The molecule has 8 heteroatoms. The number of carbonyl (C=O) groups excluding carboxylic acids is 2. The SMILES string of the molecule is CCCCCC(=O)N(Cc1ccc(-c2ccccc2SNc2onc(C)c2C)cc1)C(C(=O)NC)C(C)C. The van der Waals surface area contributed by atoms with Crippen molar-refractivity contribution in [3.05, 3.63) is 65.4 Å². The van der Waals surface area contributed by atoms with Crippen molar-refractivity contribution in [2.24, 2.45) is 5.92 Å². The summed E-state index contributed by atoms with van der Waals surface area (Å²) in [7, 11) is 1.63. The Kier molecular flexibility index (Phi) is 10.8. The lowest BCUT2D eigenvalue weighted by atomic mass is 9.98. The van der Waals surface area contributed by atoms with Crippen LogP contribution in [0.2, 0.25) is 0 Å². The maximum atomic E-state index is 13.3. The fourth-order valence-electron chi connectivity index (χ4n) is 4.36. The van der Waals surface area contributed by atoms with Crippen molar-refractivity contribution in [2.75, 3.05) is 11.8 Å². The van der Waals surface area contributed by atoms with Gasteiger partial charge < -0.3 is 14.7 Å². The highest BCUT2D eigenvalue weighted by Crippen LogP contribution is 2.33. The summed E-state index contributed by atoms with van der Waals surface area (Å²) in [5, 5.41) is 6.76. The van der Waals surface area contributed by atoms with Gasteiger partial charge in [-0.15, -0.1) is 0 Å². The second kappa shape index (κ2) is 14.0. The largest absolute Gasteiger partial charge is 0.357 e. The molecule has 204 valence electrons. The molecule has 0 saturated heterocycles. The van der Waals surface area contributed by atoms with Crippen molar-refractivity contribution in [3.63, 3.8) is 0 Å². The summed E-state index contributed by atoms with van der Waals surface area (Å²) in [6, 6.07) is 15.9. The molecule has 7 nitrogen and oxygen atoms in total. The zero-order chi connectivity index (χ0) is 27.7. The molecule has 0 aliphatic heterocycles. The highest BCUT2D eigenvalue weighted by molar-refractivity contribution is 8.00. The van der Waals surface area contributed by atoms with Crippen molar-refractivity contribution in [2.45, 2.75) is 77.8 Å². The number of rotatable bonds is 13. The molecule has 2 amide bonds. The van der Waals surface area contributed by atoms with Crippen LogP contribution in [0.4, 0.5) is 5.88 Å². The summed E-state index contributed by atoms with van der Waals surface area (Å²) in [4.78, 5) is 28.8. The minimum Gasteiger partial charge on any atom is -0.357 e. The molecule has 0 fully saturated rings. The number of hydrogen-bond acceptors (Lipinski definition) is 6. The van der Waals surface area contributed by atoms with Crippen molar-refractivity contribution in [1.29, 1.82) is 0 Å². The van der Waals surface area contributed by atoms with E-state index in [1.165, 1.54) is 11.9 Å². The van der Waals surface area contributed by atoms with E-state index >= 15 is 0 Å². The molecule has 1 heterocycles. The van der Waals surface area contributed by atoms with Crippen LogP contribution < -0.4 is 10.0 Å². The molecule has 1 unspecified atom stereocenters. The van der Waals surface area contributed by atoms with Crippen LogP contribution in [0.25, 0.3) is 11.1 Å². The molecule has 0 bridgehead atoms. The molecule has 0 radical (unpaired) electrons. The van der Waals surface area contributed by atoms with Crippen LogP contribution >= 0.6 is 11.9 Å². The van der Waals surface area contributed by atoms with Gasteiger partial charge in [-0.2, -0.15) is 0 Å². The predicted molar refractivity (Wildman–Crippen MR) is 155 cm³/mol. The lowest BCUT2D eigenvalue weighted by Gasteiger charge is -2.33. The second-order valence-corrected chi connectivity index (χ2v) is 10.7. The Bertz CT molecular complexity index is 1210. The van der Waals surface area contributed by atoms with Gasteiger partial charge in [-0.05, 0) is 60.9 Å². The van der Waals surface area contributed by atoms with E-state index in [-0.39, 0.29) is 17.7 Å². The van der Waals surface area contributed by atoms with Crippen molar-refractivity contribution in [3.8, 4) is 11.1 Å². The first-order valence-corrected chi connectivity index (χ1v) is 14.1. The Hall–Kier alpha value is -3.26. The number of likely N-dealkylation sites (N-methyl/N-ethyl adjacent to an activating group) is 1. The normalized spacial score (nSPS) is 11.9. The number of nitrogens with zero attached hydrogens (tertiary/aromatic N) is 2. The van der Waals surface area contributed by atoms with Crippen molar-refractivity contribution in [1.82, 2.24) is 15.4 Å². The molecule has 1 aromatic heterocycles. The first kappa shape index (κ1) is 29.3. The number of aryl methyl sites for hydroxylation is 1. The third-order valence-corrected chi connectivity index (χ3v) is 7.58. The fraction of sp³-hybridized carbons (Fsp3) is 0.433. The minimum absolute atomic E-state index is 0.00228. The molecular formula is C30H40N4O3S. The highest BCUT2D eigenvalue weighted by atomic mass is 32.2. The van der Waals surface area contributed by atoms with Crippen molar-refractivity contribution < 1.29 is 14.1 Å². The number of unbranched alkanes of at least 4 members (excludes halogenated alkanes) is 2. The molecule has 0 spiro atoms. The van der Waals surface area contributed by atoms with Crippen LogP contribution in [0.5, 0.6) is 0 Å². The molecule has 38 heavy (non-hydrogen) atoms. The van der Waals surface area contributed by atoms with Gasteiger partial charge in [0.1, 0.15) is 6.04 Å². The molecule has 2 N–H and O–H groups in total.